The van der Waals surface area contributed by atoms with Crippen LogP contribution in [0.2, 0.25) is 5.02 Å². The number of rotatable bonds is 6. The van der Waals surface area contributed by atoms with Crippen molar-refractivity contribution in [2.24, 2.45) is 0 Å². The molecule has 0 aromatic heterocycles. The molecule has 1 aromatic rings. The van der Waals surface area contributed by atoms with E-state index in [1.807, 2.05) is 32.6 Å². The van der Waals surface area contributed by atoms with E-state index in [0.29, 0.717) is 18.4 Å². The number of alkyl halides is 3. The zero-order valence-corrected chi connectivity index (χ0v) is 18.1. The fraction of sp³-hybridized carbons (Fsp3) is 0.667. The van der Waals surface area contributed by atoms with Gasteiger partial charge in [0, 0.05) is 17.1 Å². The predicted octanol–water partition coefficient (Wildman–Crippen LogP) is 6.80. The smallest absolute Gasteiger partial charge is 0.416 e. The Morgan fingerprint density at radius 3 is 2.28 bits per heavy atom. The van der Waals surface area contributed by atoms with E-state index >= 15 is 0 Å². The first-order valence-electron chi connectivity index (χ1n) is 10.1. The predicted molar refractivity (Wildman–Crippen MR) is 108 cm³/mol. The van der Waals surface area contributed by atoms with Crippen LogP contribution in [0.15, 0.2) is 18.2 Å². The number of likely N-dealkylation sites (tertiary alicyclic amines) is 1. The number of carbonyl (C=O) groups is 1. The van der Waals surface area contributed by atoms with Crippen molar-refractivity contribution >= 4 is 17.7 Å². The second-order valence-electron chi connectivity index (χ2n) is 7.78. The summed E-state index contributed by atoms with van der Waals surface area (Å²) in [6.45, 7) is 7.84. The van der Waals surface area contributed by atoms with Crippen LogP contribution in [-0.2, 0) is 17.5 Å². The summed E-state index contributed by atoms with van der Waals surface area (Å²) in [5, 5.41) is 4.71. The molecule has 1 unspecified atom stereocenters. The summed E-state index contributed by atoms with van der Waals surface area (Å²) in [4.78, 5) is 14.4. The molecule has 3 atom stereocenters. The molecule has 0 saturated carbocycles. The van der Waals surface area contributed by atoms with Crippen LogP contribution < -0.4 is 0 Å². The zero-order chi connectivity index (χ0) is 21.8. The Morgan fingerprint density at radius 1 is 1.21 bits per heavy atom. The topological polar surface area (TPSA) is 43.6 Å². The van der Waals surface area contributed by atoms with E-state index in [2.05, 4.69) is 5.32 Å². The minimum absolute atomic E-state index is 0.00111. The lowest BCUT2D eigenvalue weighted by Crippen LogP contribution is -2.53. The summed E-state index contributed by atoms with van der Waals surface area (Å²) < 4.78 is 44.4. The van der Waals surface area contributed by atoms with Crippen molar-refractivity contribution in [3.8, 4) is 0 Å². The summed E-state index contributed by atoms with van der Waals surface area (Å²) in [6, 6.07) is 3.51. The van der Waals surface area contributed by atoms with Crippen molar-refractivity contribution in [2.75, 3.05) is 0 Å². The van der Waals surface area contributed by atoms with Crippen LogP contribution in [0.4, 0.5) is 18.0 Å². The molecule has 8 heteroatoms. The molecule has 0 N–H and O–H groups in total. The number of halogens is 4. The Labute approximate surface area is 175 Å². The number of nitrogens with zero attached hydrogens (tertiary/aromatic N) is 2. The van der Waals surface area contributed by atoms with Gasteiger partial charge in [-0.25, -0.2) is 4.79 Å². The van der Waals surface area contributed by atoms with E-state index in [0.717, 1.165) is 25.0 Å². The number of carbonyl (C=O) groups excluding carboxylic acids is 1. The van der Waals surface area contributed by atoms with Crippen LogP contribution in [0, 0.1) is 0 Å². The van der Waals surface area contributed by atoms with E-state index < -0.39 is 11.7 Å². The normalized spacial score (nSPS) is 22.8. The molecule has 0 bridgehead atoms. The maximum Gasteiger partial charge on any atom is 0.416 e. The third-order valence-electron chi connectivity index (χ3n) is 5.18. The second kappa shape index (κ2) is 10.0. The van der Waals surface area contributed by atoms with Crippen molar-refractivity contribution in [1.29, 1.82) is 0 Å². The van der Waals surface area contributed by atoms with Gasteiger partial charge in [0.2, 0.25) is 0 Å². The largest absolute Gasteiger partial charge is 0.656 e. The van der Waals surface area contributed by atoms with E-state index in [4.69, 9.17) is 16.3 Å². The Kier molecular flexibility index (Phi) is 8.23. The molecule has 29 heavy (non-hydrogen) atoms. The molecule has 1 aliphatic heterocycles. The molecule has 2 rings (SSSR count). The molecule has 1 aromatic carbocycles. The van der Waals surface area contributed by atoms with Gasteiger partial charge in [0.1, 0.15) is 0 Å². The van der Waals surface area contributed by atoms with Crippen LogP contribution in [0.5, 0.6) is 0 Å². The van der Waals surface area contributed by atoms with Crippen molar-refractivity contribution < 1.29 is 22.7 Å². The Balaban J connectivity index is 2.08. The van der Waals surface area contributed by atoms with Gasteiger partial charge in [0.25, 0.3) is 0 Å². The molecule has 0 aliphatic carbocycles. The Morgan fingerprint density at radius 2 is 1.79 bits per heavy atom. The van der Waals surface area contributed by atoms with Gasteiger partial charge in [-0.2, -0.15) is 13.2 Å². The summed E-state index contributed by atoms with van der Waals surface area (Å²) >= 11 is 5.86. The molecular weight excluding hydrogens is 405 g/mol. The molecule has 1 aliphatic rings. The summed E-state index contributed by atoms with van der Waals surface area (Å²) in [5.41, 5.74) is -0.327. The van der Waals surface area contributed by atoms with Gasteiger partial charge >= 0.3 is 12.3 Å². The second-order valence-corrected chi connectivity index (χ2v) is 8.21. The van der Waals surface area contributed by atoms with Gasteiger partial charge in [0.15, 0.2) is 0 Å². The highest BCUT2D eigenvalue weighted by atomic mass is 35.5. The van der Waals surface area contributed by atoms with Crippen LogP contribution in [0.25, 0.3) is 5.32 Å². The van der Waals surface area contributed by atoms with E-state index in [9.17, 15) is 18.0 Å². The molecule has 1 fully saturated rings. The van der Waals surface area contributed by atoms with Crippen molar-refractivity contribution in [3.63, 3.8) is 0 Å². The number of benzene rings is 1. The first-order chi connectivity index (χ1) is 13.5. The molecule has 4 nitrogen and oxygen atoms in total. The van der Waals surface area contributed by atoms with Crippen molar-refractivity contribution in [3.05, 3.63) is 39.7 Å². The molecule has 1 saturated heterocycles. The number of hydrogen-bond donors (Lipinski definition) is 0. The molecule has 1 heterocycles. The third-order valence-corrected chi connectivity index (χ3v) is 5.40. The van der Waals surface area contributed by atoms with Crippen LogP contribution in [0.1, 0.15) is 64.5 Å². The fourth-order valence-electron chi connectivity index (χ4n) is 3.83. The maximum atomic E-state index is 13.0. The zero-order valence-electron chi connectivity index (χ0n) is 17.3. The molecule has 1 amide bonds. The van der Waals surface area contributed by atoms with Gasteiger partial charge in [-0.05, 0) is 57.7 Å². The number of amides is 1. The number of piperidine rings is 1. The van der Waals surface area contributed by atoms with Crippen LogP contribution in [-0.4, -0.2) is 35.2 Å². The maximum absolute atomic E-state index is 13.0. The van der Waals surface area contributed by atoms with Gasteiger partial charge in [-0.15, -0.1) is 12.6 Å². The Hall–Kier alpha value is -1.47. The molecular formula is C21H29ClF3N2O2-. The average molecular weight is 434 g/mol. The van der Waals surface area contributed by atoms with Gasteiger partial charge in [-0.1, -0.05) is 31.0 Å². The van der Waals surface area contributed by atoms with Crippen LogP contribution in [0.3, 0.4) is 0 Å². The number of hydrogen-bond acceptors (Lipinski definition) is 2. The molecule has 164 valence electrons. The fourth-order valence-corrected chi connectivity index (χ4v) is 4.08. The summed E-state index contributed by atoms with van der Waals surface area (Å²) in [5.74, 6) is 0. The standard InChI is InChI=1S/C21H29ClF3N2O2/c1-5-18-10-17(11-19(6-2)27(18)20(28)29-13(3)4)26-12-14-7-15(21(23,24)25)9-16(22)8-14/h7-9,13,17-19H,5-6,10-12H2,1-4H3/q-1/t17?,18-,19+. The van der Waals surface area contributed by atoms with E-state index in [1.165, 1.54) is 6.07 Å². The van der Waals surface area contributed by atoms with E-state index in [1.54, 1.807) is 0 Å². The lowest BCUT2D eigenvalue weighted by Gasteiger charge is -2.49. The minimum atomic E-state index is -4.44. The SMILES string of the molecule is CC[C@@H]1CC([N-]Cc2cc(Cl)cc(C(F)(F)F)c2)C[C@H](CC)N1C(=O)OC(C)C. The lowest BCUT2D eigenvalue weighted by molar-refractivity contribution is -0.137. The van der Waals surface area contributed by atoms with Gasteiger partial charge in [0.05, 0.1) is 11.7 Å². The highest BCUT2D eigenvalue weighted by molar-refractivity contribution is 6.30. The van der Waals surface area contributed by atoms with Crippen molar-refractivity contribution in [2.45, 2.75) is 90.3 Å². The minimum Gasteiger partial charge on any atom is -0.656 e. The summed E-state index contributed by atoms with van der Waals surface area (Å²) in [7, 11) is 0. The first-order valence-corrected chi connectivity index (χ1v) is 10.4. The molecule has 0 spiro atoms. The highest BCUT2D eigenvalue weighted by Crippen LogP contribution is 2.35. The van der Waals surface area contributed by atoms with Crippen molar-refractivity contribution in [1.82, 2.24) is 4.90 Å². The third kappa shape index (κ3) is 6.51. The highest BCUT2D eigenvalue weighted by Gasteiger charge is 2.35. The summed E-state index contributed by atoms with van der Waals surface area (Å²) in [6.07, 6.45) is -2.05. The Bertz CT molecular complexity index is 683. The average Bonchev–Trinajstić information content (AvgIpc) is 2.63. The monoisotopic (exact) mass is 433 g/mol. The number of ether oxygens (including phenoxy) is 1. The van der Waals surface area contributed by atoms with Gasteiger partial charge < -0.3 is 15.0 Å². The first kappa shape index (κ1) is 23.8. The molecule has 0 radical (unpaired) electrons. The quantitative estimate of drug-likeness (QED) is 0.495. The van der Waals surface area contributed by atoms with E-state index in [-0.39, 0.29) is 41.9 Å². The van der Waals surface area contributed by atoms with Crippen LogP contribution >= 0.6 is 11.6 Å². The van der Waals surface area contributed by atoms with Gasteiger partial charge in [-0.3, -0.25) is 0 Å². The lowest BCUT2D eigenvalue weighted by atomic mass is 9.88.